The first-order chi connectivity index (χ1) is 8.06. The predicted molar refractivity (Wildman–Crippen MR) is 66.7 cm³/mol. The first-order valence-corrected chi connectivity index (χ1v) is 5.46. The van der Waals surface area contributed by atoms with Crippen molar-refractivity contribution in [2.24, 2.45) is 7.05 Å². The third-order valence-electron chi connectivity index (χ3n) is 2.31. The molecule has 0 radical (unpaired) electrons. The van der Waals surface area contributed by atoms with Crippen molar-refractivity contribution < 1.29 is 0 Å². The number of nitrogens with one attached hydrogen (secondary N) is 1. The molecule has 2 aromatic heterocycles. The third-order valence-corrected chi connectivity index (χ3v) is 2.48. The van der Waals surface area contributed by atoms with Gasteiger partial charge in [-0.1, -0.05) is 0 Å². The molecular weight excluding hydrogens is 240 g/mol. The van der Waals surface area contributed by atoms with Crippen LogP contribution in [-0.4, -0.2) is 19.7 Å². The quantitative estimate of drug-likeness (QED) is 0.807. The van der Waals surface area contributed by atoms with Crippen molar-refractivity contribution in [3.05, 3.63) is 28.9 Å². The van der Waals surface area contributed by atoms with Gasteiger partial charge in [-0.25, -0.2) is 4.98 Å². The lowest BCUT2D eigenvalue weighted by molar-refractivity contribution is 0.747. The second kappa shape index (κ2) is 4.58. The molecule has 0 aliphatic heterocycles. The molecule has 0 saturated carbocycles. The Morgan fingerprint density at radius 3 is 2.88 bits per heavy atom. The molecule has 90 valence electrons. The van der Waals surface area contributed by atoms with Gasteiger partial charge >= 0.3 is 0 Å². The van der Waals surface area contributed by atoms with Gasteiger partial charge in [0.05, 0.1) is 23.6 Å². The molecule has 0 spiro atoms. The summed E-state index contributed by atoms with van der Waals surface area (Å²) < 4.78 is 1.73. The average molecular weight is 253 g/mol. The van der Waals surface area contributed by atoms with E-state index in [1.165, 1.54) is 0 Å². The Morgan fingerprint density at radius 2 is 2.24 bits per heavy atom. The van der Waals surface area contributed by atoms with E-state index in [2.05, 4.69) is 20.4 Å². The average Bonchev–Trinajstić information content (AvgIpc) is 2.67. The van der Waals surface area contributed by atoms with E-state index >= 15 is 0 Å². The fourth-order valence-electron chi connectivity index (χ4n) is 1.41. The van der Waals surface area contributed by atoms with Crippen molar-refractivity contribution in [2.75, 3.05) is 11.1 Å². The summed E-state index contributed by atoms with van der Waals surface area (Å²) in [6.07, 6.45) is 1.87. The van der Waals surface area contributed by atoms with Gasteiger partial charge in [0.25, 0.3) is 0 Å². The molecule has 0 saturated heterocycles. The molecule has 0 aromatic carbocycles. The highest BCUT2D eigenvalue weighted by molar-refractivity contribution is 6.28. The van der Waals surface area contributed by atoms with E-state index in [1.807, 2.05) is 19.3 Å². The zero-order valence-electron chi connectivity index (χ0n) is 9.61. The van der Waals surface area contributed by atoms with E-state index in [1.54, 1.807) is 11.6 Å². The maximum absolute atomic E-state index is 5.85. The lowest BCUT2D eigenvalue weighted by Crippen LogP contribution is -2.08. The summed E-state index contributed by atoms with van der Waals surface area (Å²) in [5.74, 6) is 0.535. The zero-order chi connectivity index (χ0) is 12.4. The molecule has 0 unspecified atom stereocenters. The van der Waals surface area contributed by atoms with E-state index in [9.17, 15) is 0 Å². The number of hydrogen-bond donors (Lipinski definition) is 2. The number of nitrogen functional groups attached to an aromatic ring is 1. The topological polar surface area (TPSA) is 81.7 Å². The summed E-state index contributed by atoms with van der Waals surface area (Å²) >= 11 is 5.77. The molecule has 0 fully saturated rings. The van der Waals surface area contributed by atoms with Crippen molar-refractivity contribution in [1.29, 1.82) is 0 Å². The van der Waals surface area contributed by atoms with Crippen LogP contribution in [0.5, 0.6) is 0 Å². The largest absolute Gasteiger partial charge is 0.394 e. The van der Waals surface area contributed by atoms with Crippen LogP contribution in [0.3, 0.4) is 0 Å². The summed E-state index contributed by atoms with van der Waals surface area (Å²) in [6.45, 7) is 2.33. The number of aryl methyl sites for hydroxylation is 2. The Kier molecular flexibility index (Phi) is 3.14. The molecule has 0 atom stereocenters. The fraction of sp³-hybridized carbons (Fsp3) is 0.300. The van der Waals surface area contributed by atoms with Crippen LogP contribution >= 0.6 is 11.6 Å². The van der Waals surface area contributed by atoms with Gasteiger partial charge in [0.2, 0.25) is 5.28 Å². The highest BCUT2D eigenvalue weighted by atomic mass is 35.5. The van der Waals surface area contributed by atoms with Crippen molar-refractivity contribution in [2.45, 2.75) is 13.5 Å². The minimum atomic E-state index is 0.181. The number of rotatable bonds is 3. The molecule has 0 aliphatic carbocycles. The second-order valence-electron chi connectivity index (χ2n) is 3.67. The first-order valence-electron chi connectivity index (χ1n) is 5.08. The molecule has 0 amide bonds. The van der Waals surface area contributed by atoms with E-state index in [-0.39, 0.29) is 5.28 Å². The standard InChI is InChI=1S/C10H13ClN6/c1-6-8(12)9(15-10(11)14-6)13-5-7-3-4-17(2)16-7/h3-4H,5,12H2,1-2H3,(H,13,14,15). The number of hydrogen-bond acceptors (Lipinski definition) is 5. The number of nitrogens with two attached hydrogens (primary N) is 1. The fourth-order valence-corrected chi connectivity index (χ4v) is 1.63. The normalized spacial score (nSPS) is 10.5. The van der Waals surface area contributed by atoms with E-state index in [4.69, 9.17) is 17.3 Å². The van der Waals surface area contributed by atoms with Crippen molar-refractivity contribution in [1.82, 2.24) is 19.7 Å². The van der Waals surface area contributed by atoms with Gasteiger partial charge in [-0.15, -0.1) is 0 Å². The number of aromatic nitrogens is 4. The Bertz CT molecular complexity index is 536. The zero-order valence-corrected chi connectivity index (χ0v) is 10.4. The van der Waals surface area contributed by atoms with E-state index in [0.717, 1.165) is 5.69 Å². The summed E-state index contributed by atoms with van der Waals surface area (Å²) in [6, 6.07) is 1.92. The monoisotopic (exact) mass is 252 g/mol. The molecule has 2 heterocycles. The SMILES string of the molecule is Cc1nc(Cl)nc(NCc2ccn(C)n2)c1N. The van der Waals surface area contributed by atoms with Crippen molar-refractivity contribution in [3.8, 4) is 0 Å². The summed E-state index contributed by atoms with van der Waals surface area (Å²) in [5.41, 5.74) is 7.92. The number of anilines is 2. The van der Waals surface area contributed by atoms with Crippen LogP contribution in [0.15, 0.2) is 12.3 Å². The maximum Gasteiger partial charge on any atom is 0.224 e. The predicted octanol–water partition coefficient (Wildman–Crippen LogP) is 1.37. The summed E-state index contributed by atoms with van der Waals surface area (Å²) in [7, 11) is 1.86. The second-order valence-corrected chi connectivity index (χ2v) is 4.01. The maximum atomic E-state index is 5.85. The van der Waals surface area contributed by atoms with Gasteiger partial charge in [-0.3, -0.25) is 4.68 Å². The van der Waals surface area contributed by atoms with Crippen LogP contribution < -0.4 is 11.1 Å². The molecule has 17 heavy (non-hydrogen) atoms. The van der Waals surface area contributed by atoms with Crippen LogP contribution in [0.4, 0.5) is 11.5 Å². The molecule has 3 N–H and O–H groups in total. The van der Waals surface area contributed by atoms with Gasteiger partial charge in [0, 0.05) is 13.2 Å². The van der Waals surface area contributed by atoms with E-state index < -0.39 is 0 Å². The molecule has 6 nitrogen and oxygen atoms in total. The highest BCUT2D eigenvalue weighted by Gasteiger charge is 2.07. The van der Waals surface area contributed by atoms with Crippen molar-refractivity contribution >= 4 is 23.1 Å². The Labute approximate surface area is 104 Å². The Morgan fingerprint density at radius 1 is 1.47 bits per heavy atom. The highest BCUT2D eigenvalue weighted by Crippen LogP contribution is 2.20. The van der Waals surface area contributed by atoms with Gasteiger partial charge in [0.15, 0.2) is 5.82 Å². The third kappa shape index (κ3) is 2.65. The summed E-state index contributed by atoms with van der Waals surface area (Å²) in [5, 5.41) is 7.51. The first kappa shape index (κ1) is 11.7. The summed E-state index contributed by atoms with van der Waals surface area (Å²) in [4.78, 5) is 8.00. The smallest absolute Gasteiger partial charge is 0.224 e. The lowest BCUT2D eigenvalue weighted by atomic mass is 10.3. The molecule has 7 heteroatoms. The van der Waals surface area contributed by atoms with Crippen LogP contribution in [0.1, 0.15) is 11.4 Å². The van der Waals surface area contributed by atoms with Crippen molar-refractivity contribution in [3.63, 3.8) is 0 Å². The van der Waals surface area contributed by atoms with Crippen LogP contribution in [0.25, 0.3) is 0 Å². The van der Waals surface area contributed by atoms with Gasteiger partial charge in [0.1, 0.15) is 0 Å². The molecule has 0 bridgehead atoms. The van der Waals surface area contributed by atoms with Crippen LogP contribution in [0.2, 0.25) is 5.28 Å². The Hall–Kier alpha value is -1.82. The molecule has 2 rings (SSSR count). The minimum Gasteiger partial charge on any atom is -0.394 e. The van der Waals surface area contributed by atoms with Crippen LogP contribution in [0, 0.1) is 6.92 Å². The molecule has 2 aromatic rings. The Balaban J connectivity index is 2.14. The number of halogens is 1. The lowest BCUT2D eigenvalue weighted by Gasteiger charge is -2.08. The molecular formula is C10H13ClN6. The molecule has 0 aliphatic rings. The van der Waals surface area contributed by atoms with E-state index in [0.29, 0.717) is 23.7 Å². The van der Waals surface area contributed by atoms with Gasteiger partial charge < -0.3 is 11.1 Å². The van der Waals surface area contributed by atoms with Gasteiger partial charge in [-0.05, 0) is 24.6 Å². The number of nitrogens with zero attached hydrogens (tertiary/aromatic N) is 4. The minimum absolute atomic E-state index is 0.181. The van der Waals surface area contributed by atoms with Gasteiger partial charge in [-0.2, -0.15) is 10.1 Å². The van der Waals surface area contributed by atoms with Crippen LogP contribution in [-0.2, 0) is 13.6 Å².